The maximum Gasteiger partial charge on any atom is 0.456 e. The van der Waals surface area contributed by atoms with Crippen molar-refractivity contribution in [1.82, 2.24) is 4.90 Å². The lowest BCUT2D eigenvalue weighted by Gasteiger charge is -2.41. The Labute approximate surface area is 163 Å². The van der Waals surface area contributed by atoms with Gasteiger partial charge in [0, 0.05) is 12.1 Å². The number of benzene rings is 1. The largest absolute Gasteiger partial charge is 0.459 e. The Morgan fingerprint density at radius 3 is 2.38 bits per heavy atom. The van der Waals surface area contributed by atoms with E-state index >= 15 is 0 Å². The molecule has 0 N–H and O–H groups in total. The van der Waals surface area contributed by atoms with Gasteiger partial charge >= 0.3 is 24.0 Å². The van der Waals surface area contributed by atoms with Crippen LogP contribution in [-0.2, 0) is 14.3 Å². The van der Waals surface area contributed by atoms with Crippen LogP contribution in [0.4, 0.5) is 22.0 Å². The monoisotopic (exact) mass is 421 g/mol. The van der Waals surface area contributed by atoms with Crippen molar-refractivity contribution in [2.45, 2.75) is 49.5 Å². The molecule has 2 fully saturated rings. The number of likely N-dealkylation sites (N-methyl/N-ethyl adjacent to an activating group) is 1. The lowest BCUT2D eigenvalue weighted by molar-refractivity contribution is -0.294. The van der Waals surface area contributed by atoms with Crippen LogP contribution in [0.3, 0.4) is 0 Å². The quantitative estimate of drug-likeness (QED) is 0.539. The van der Waals surface area contributed by atoms with Crippen LogP contribution in [0, 0.1) is 5.92 Å². The number of fused-ring (bicyclic) bond motifs is 2. The van der Waals surface area contributed by atoms with Crippen molar-refractivity contribution in [2.75, 3.05) is 13.7 Å². The molecule has 0 aliphatic carbocycles. The second kappa shape index (κ2) is 7.89. The minimum atomic E-state index is -5.82. The molecule has 0 amide bonds. The molecule has 5 nitrogen and oxygen atoms in total. The first-order valence-corrected chi connectivity index (χ1v) is 9.10. The summed E-state index contributed by atoms with van der Waals surface area (Å²) in [5, 5.41) is 0. The van der Waals surface area contributed by atoms with Gasteiger partial charge in [0.1, 0.15) is 6.10 Å². The van der Waals surface area contributed by atoms with E-state index in [1.165, 1.54) is 12.1 Å². The molecule has 0 saturated carbocycles. The number of nitrogens with zero attached hydrogens (tertiary/aromatic N) is 1. The first-order valence-electron chi connectivity index (χ1n) is 9.10. The number of esters is 2. The molecule has 10 heteroatoms. The van der Waals surface area contributed by atoms with Crippen molar-refractivity contribution in [1.29, 1.82) is 0 Å². The van der Waals surface area contributed by atoms with Crippen molar-refractivity contribution < 1.29 is 41.0 Å². The summed E-state index contributed by atoms with van der Waals surface area (Å²) in [6.07, 6.45) is -5.37. The number of ether oxygens (including phenoxy) is 2. The molecule has 29 heavy (non-hydrogen) atoms. The average molecular weight is 421 g/mol. The molecule has 2 aliphatic heterocycles. The Kier molecular flexibility index (Phi) is 5.84. The highest BCUT2D eigenvalue weighted by Gasteiger charge is 2.59. The zero-order valence-electron chi connectivity index (χ0n) is 15.5. The van der Waals surface area contributed by atoms with E-state index in [-0.39, 0.29) is 24.1 Å². The molecular formula is C19H20F5NO4. The highest BCUT2D eigenvalue weighted by atomic mass is 19.4. The molecule has 0 aromatic heterocycles. The van der Waals surface area contributed by atoms with Crippen LogP contribution >= 0.6 is 0 Å². The zero-order chi connectivity index (χ0) is 21.4. The van der Waals surface area contributed by atoms with E-state index in [9.17, 15) is 31.5 Å². The fourth-order valence-corrected chi connectivity index (χ4v) is 3.92. The van der Waals surface area contributed by atoms with Crippen LogP contribution in [0.1, 0.15) is 29.6 Å². The molecule has 1 aromatic rings. The van der Waals surface area contributed by atoms with E-state index in [2.05, 4.69) is 4.74 Å². The van der Waals surface area contributed by atoms with Gasteiger partial charge in [0.15, 0.2) is 6.61 Å². The first-order chi connectivity index (χ1) is 13.5. The van der Waals surface area contributed by atoms with Crippen LogP contribution in [0.25, 0.3) is 0 Å². The molecule has 160 valence electrons. The van der Waals surface area contributed by atoms with Crippen molar-refractivity contribution in [2.24, 2.45) is 5.92 Å². The number of hydrogen-bond donors (Lipinski definition) is 0. The van der Waals surface area contributed by atoms with Crippen molar-refractivity contribution >= 4 is 11.9 Å². The molecule has 4 unspecified atom stereocenters. The van der Waals surface area contributed by atoms with Gasteiger partial charge in [-0.1, -0.05) is 18.2 Å². The third-order valence-electron chi connectivity index (χ3n) is 5.56. The summed E-state index contributed by atoms with van der Waals surface area (Å²) < 4.78 is 73.1. The number of halogens is 5. The van der Waals surface area contributed by atoms with Gasteiger partial charge in [-0.25, -0.2) is 4.79 Å². The number of carbonyl (C=O) groups is 2. The minimum Gasteiger partial charge on any atom is -0.459 e. The lowest BCUT2D eigenvalue weighted by Crippen LogP contribution is -2.54. The summed E-state index contributed by atoms with van der Waals surface area (Å²) in [5.74, 6) is -8.18. The lowest BCUT2D eigenvalue weighted by atomic mass is 9.88. The Bertz CT molecular complexity index is 755. The summed E-state index contributed by atoms with van der Waals surface area (Å²) in [4.78, 5) is 26.8. The number of alkyl halides is 5. The van der Waals surface area contributed by atoms with Crippen molar-refractivity contribution in [3.63, 3.8) is 0 Å². The van der Waals surface area contributed by atoms with Gasteiger partial charge in [-0.3, -0.25) is 9.69 Å². The third-order valence-corrected chi connectivity index (χ3v) is 5.56. The Balaban J connectivity index is 1.74. The maximum atomic E-state index is 13.1. The fourth-order valence-electron chi connectivity index (χ4n) is 3.92. The van der Waals surface area contributed by atoms with Crippen LogP contribution in [0.5, 0.6) is 0 Å². The molecule has 2 saturated heterocycles. The smallest absolute Gasteiger partial charge is 0.456 e. The van der Waals surface area contributed by atoms with E-state index in [1.54, 1.807) is 25.2 Å². The highest BCUT2D eigenvalue weighted by molar-refractivity contribution is 5.89. The average Bonchev–Trinajstić information content (AvgIpc) is 2.91. The summed E-state index contributed by atoms with van der Waals surface area (Å²) in [5.41, 5.74) is 0.242. The minimum absolute atomic E-state index is 0.0626. The number of carbonyl (C=O) groups excluding carboxylic acids is 2. The van der Waals surface area contributed by atoms with Crippen molar-refractivity contribution in [3.05, 3.63) is 35.9 Å². The van der Waals surface area contributed by atoms with Crippen molar-refractivity contribution in [3.8, 4) is 0 Å². The van der Waals surface area contributed by atoms with Gasteiger partial charge in [0.05, 0.1) is 11.5 Å². The van der Waals surface area contributed by atoms with Gasteiger partial charge in [0.25, 0.3) is 0 Å². The SMILES string of the molecule is CN1C2CCC1C(OC(=O)c1ccccc1)C(C(=O)OCC(F)(F)C(F)(F)F)C2. The first kappa shape index (κ1) is 21.5. The van der Waals surface area contributed by atoms with Crippen LogP contribution in [0.2, 0.25) is 0 Å². The maximum absolute atomic E-state index is 13.1. The summed E-state index contributed by atoms with van der Waals surface area (Å²) in [6, 6.07) is 7.58. The Morgan fingerprint density at radius 2 is 1.76 bits per heavy atom. The molecule has 0 radical (unpaired) electrons. The Hall–Kier alpha value is -2.23. The normalized spacial score (nSPS) is 27.5. The molecule has 3 rings (SSSR count). The molecule has 1 aromatic carbocycles. The van der Waals surface area contributed by atoms with E-state index in [0.717, 1.165) is 0 Å². The predicted octanol–water partition coefficient (Wildman–Crippen LogP) is 3.44. The Morgan fingerprint density at radius 1 is 1.10 bits per heavy atom. The second-order valence-corrected chi connectivity index (χ2v) is 7.35. The van der Waals surface area contributed by atoms with Gasteiger partial charge in [-0.05, 0) is 38.4 Å². The third kappa shape index (κ3) is 4.36. The van der Waals surface area contributed by atoms with Crippen LogP contribution in [-0.4, -0.2) is 60.8 Å². The molecule has 2 bridgehead atoms. The van der Waals surface area contributed by atoms with Crippen LogP contribution in [0.15, 0.2) is 30.3 Å². The van der Waals surface area contributed by atoms with Gasteiger partial charge < -0.3 is 9.47 Å². The predicted molar refractivity (Wildman–Crippen MR) is 90.3 cm³/mol. The summed E-state index contributed by atoms with van der Waals surface area (Å²) >= 11 is 0. The number of hydrogen-bond acceptors (Lipinski definition) is 5. The van der Waals surface area contributed by atoms with E-state index in [1.807, 2.05) is 4.90 Å². The highest BCUT2D eigenvalue weighted by Crippen LogP contribution is 2.41. The van der Waals surface area contributed by atoms with E-state index in [4.69, 9.17) is 4.74 Å². The van der Waals surface area contributed by atoms with E-state index < -0.39 is 42.7 Å². The zero-order valence-corrected chi connectivity index (χ0v) is 15.5. The molecule has 4 atom stereocenters. The van der Waals surface area contributed by atoms with Gasteiger partial charge in [-0.15, -0.1) is 0 Å². The van der Waals surface area contributed by atoms with Gasteiger partial charge in [0.2, 0.25) is 0 Å². The fraction of sp³-hybridized carbons (Fsp3) is 0.579. The molecular weight excluding hydrogens is 401 g/mol. The molecule has 2 heterocycles. The standard InChI is InChI=1S/C19H20F5NO4/c1-25-12-7-8-14(25)15(29-16(26)11-5-3-2-4-6-11)13(9-12)17(27)28-10-18(20,21)19(22,23)24/h2-6,12-15H,7-10H2,1H3. The number of rotatable bonds is 5. The van der Waals surface area contributed by atoms with E-state index in [0.29, 0.717) is 12.8 Å². The summed E-state index contributed by atoms with van der Waals surface area (Å²) in [7, 11) is 1.80. The molecule has 0 spiro atoms. The second-order valence-electron chi connectivity index (χ2n) is 7.35. The van der Waals surface area contributed by atoms with Gasteiger partial charge in [-0.2, -0.15) is 22.0 Å². The number of piperidine rings is 1. The topological polar surface area (TPSA) is 55.8 Å². The van der Waals surface area contributed by atoms with Crippen LogP contribution < -0.4 is 0 Å². The summed E-state index contributed by atoms with van der Waals surface area (Å²) in [6.45, 7) is -2.10. The molecule has 2 aliphatic rings.